The fourth-order valence-corrected chi connectivity index (χ4v) is 2.57. The van der Waals surface area contributed by atoms with Gasteiger partial charge in [0.15, 0.2) is 11.5 Å². The zero-order chi connectivity index (χ0) is 18.8. The number of methoxy groups -OCH3 is 1. The van der Waals surface area contributed by atoms with Gasteiger partial charge in [-0.25, -0.2) is 13.8 Å². The van der Waals surface area contributed by atoms with Gasteiger partial charge in [0.05, 0.1) is 12.8 Å². The molecule has 26 heavy (non-hydrogen) atoms. The zero-order valence-electron chi connectivity index (χ0n) is 14.0. The van der Waals surface area contributed by atoms with Crippen LogP contribution in [0.5, 0.6) is 5.88 Å². The molecular weight excluding hydrogens is 344 g/mol. The van der Waals surface area contributed by atoms with Crippen LogP contribution in [-0.2, 0) is 0 Å². The second-order valence-electron chi connectivity index (χ2n) is 5.36. The van der Waals surface area contributed by atoms with Crippen LogP contribution in [0.3, 0.4) is 0 Å². The van der Waals surface area contributed by atoms with E-state index < -0.39 is 17.5 Å². The van der Waals surface area contributed by atoms with Gasteiger partial charge in [0.25, 0.3) is 5.91 Å². The number of nitrogen functional groups attached to an aromatic ring is 1. The third-order valence-electron chi connectivity index (χ3n) is 3.76. The number of nitrogens with two attached hydrogens (primary N) is 1. The molecular formula is C17H15F2N5O2. The minimum atomic E-state index is -0.749. The van der Waals surface area contributed by atoms with E-state index in [-0.39, 0.29) is 33.9 Å². The first-order valence-electron chi connectivity index (χ1n) is 7.70. The van der Waals surface area contributed by atoms with Gasteiger partial charge in [-0.1, -0.05) is 0 Å². The van der Waals surface area contributed by atoms with E-state index in [0.717, 1.165) is 6.07 Å². The number of halogens is 2. The minimum absolute atomic E-state index is 0.0156. The number of ether oxygens (including phenoxy) is 1. The first-order valence-corrected chi connectivity index (χ1v) is 7.70. The van der Waals surface area contributed by atoms with Crippen LogP contribution in [0.4, 0.5) is 14.5 Å². The molecule has 0 spiro atoms. The summed E-state index contributed by atoms with van der Waals surface area (Å²) in [6, 6.07) is 3.65. The number of benzene rings is 1. The van der Waals surface area contributed by atoms with Gasteiger partial charge in [-0.2, -0.15) is 0 Å². The SMILES string of the molecule is CCNC(=O)c1nnc2c(-c3cnc(OC)c(F)c3)c(F)ccc2c1N. The molecule has 0 aliphatic carbocycles. The fourth-order valence-electron chi connectivity index (χ4n) is 2.57. The number of hydrogen-bond acceptors (Lipinski definition) is 6. The summed E-state index contributed by atoms with van der Waals surface area (Å²) in [5.74, 6) is -2.09. The number of rotatable bonds is 4. The van der Waals surface area contributed by atoms with Gasteiger partial charge in [-0.15, -0.1) is 10.2 Å². The normalized spacial score (nSPS) is 10.8. The van der Waals surface area contributed by atoms with Crippen LogP contribution >= 0.6 is 0 Å². The van der Waals surface area contributed by atoms with Crippen LogP contribution in [0.15, 0.2) is 24.4 Å². The molecule has 2 aromatic heterocycles. The maximum atomic E-state index is 14.5. The van der Waals surface area contributed by atoms with E-state index >= 15 is 0 Å². The smallest absolute Gasteiger partial charge is 0.273 e. The molecule has 0 atom stereocenters. The number of aromatic nitrogens is 3. The molecule has 7 nitrogen and oxygen atoms in total. The van der Waals surface area contributed by atoms with Gasteiger partial charge in [-0.3, -0.25) is 4.79 Å². The molecule has 0 aliphatic rings. The van der Waals surface area contributed by atoms with Gasteiger partial charge >= 0.3 is 0 Å². The maximum absolute atomic E-state index is 14.5. The summed E-state index contributed by atoms with van der Waals surface area (Å²) in [5.41, 5.74) is 6.26. The summed E-state index contributed by atoms with van der Waals surface area (Å²) in [6.07, 6.45) is 1.26. The Bertz CT molecular complexity index is 1010. The molecule has 2 heterocycles. The molecule has 0 saturated carbocycles. The molecule has 0 unspecified atom stereocenters. The third-order valence-corrected chi connectivity index (χ3v) is 3.76. The number of nitrogens with zero attached hydrogens (tertiary/aromatic N) is 3. The summed E-state index contributed by atoms with van der Waals surface area (Å²) in [7, 11) is 1.28. The van der Waals surface area contributed by atoms with Crippen molar-refractivity contribution in [2.75, 3.05) is 19.4 Å². The highest BCUT2D eigenvalue weighted by Gasteiger charge is 2.20. The van der Waals surface area contributed by atoms with E-state index in [1.165, 1.54) is 25.4 Å². The number of amides is 1. The summed E-state index contributed by atoms with van der Waals surface area (Å²) in [5, 5.41) is 10.7. The Morgan fingerprint density at radius 3 is 2.69 bits per heavy atom. The highest BCUT2D eigenvalue weighted by molar-refractivity contribution is 6.07. The Balaban J connectivity index is 2.23. The van der Waals surface area contributed by atoms with Gasteiger partial charge in [0.1, 0.15) is 11.3 Å². The Labute approximate surface area is 147 Å². The van der Waals surface area contributed by atoms with Gasteiger partial charge in [0, 0.05) is 29.3 Å². The van der Waals surface area contributed by atoms with Crippen LogP contribution in [0.2, 0.25) is 0 Å². The number of pyridine rings is 1. The number of fused-ring (bicyclic) bond motifs is 1. The molecule has 134 valence electrons. The van der Waals surface area contributed by atoms with Crippen molar-refractivity contribution in [3.63, 3.8) is 0 Å². The third kappa shape index (κ3) is 2.87. The van der Waals surface area contributed by atoms with Crippen molar-refractivity contribution in [2.45, 2.75) is 6.92 Å². The molecule has 9 heteroatoms. The van der Waals surface area contributed by atoms with Crippen LogP contribution in [0.25, 0.3) is 22.0 Å². The van der Waals surface area contributed by atoms with Crippen molar-refractivity contribution in [2.24, 2.45) is 0 Å². The van der Waals surface area contributed by atoms with E-state index in [0.29, 0.717) is 11.9 Å². The quantitative estimate of drug-likeness (QED) is 0.741. The second-order valence-corrected chi connectivity index (χ2v) is 5.36. The first kappa shape index (κ1) is 17.5. The number of anilines is 1. The molecule has 1 aromatic carbocycles. The number of hydrogen-bond donors (Lipinski definition) is 2. The molecule has 0 bridgehead atoms. The van der Waals surface area contributed by atoms with Gasteiger partial charge in [-0.05, 0) is 25.1 Å². The Hall–Kier alpha value is -3.36. The van der Waals surface area contributed by atoms with Gasteiger partial charge in [0.2, 0.25) is 5.88 Å². The molecule has 1 amide bonds. The number of nitrogens with one attached hydrogen (secondary N) is 1. The Kier molecular flexibility index (Phi) is 4.61. The van der Waals surface area contributed by atoms with Crippen molar-refractivity contribution < 1.29 is 18.3 Å². The molecule has 0 aliphatic heterocycles. The molecule has 3 aromatic rings. The lowest BCUT2D eigenvalue weighted by atomic mass is 10.0. The van der Waals surface area contributed by atoms with Crippen LogP contribution < -0.4 is 15.8 Å². The van der Waals surface area contributed by atoms with Gasteiger partial charge < -0.3 is 15.8 Å². The molecule has 0 radical (unpaired) electrons. The second kappa shape index (κ2) is 6.87. The fraction of sp³-hybridized carbons (Fsp3) is 0.176. The first-order chi connectivity index (χ1) is 12.5. The van der Waals surface area contributed by atoms with Crippen molar-refractivity contribution in [1.82, 2.24) is 20.5 Å². The van der Waals surface area contributed by atoms with E-state index in [1.54, 1.807) is 6.92 Å². The maximum Gasteiger partial charge on any atom is 0.273 e. The highest BCUT2D eigenvalue weighted by Crippen LogP contribution is 2.33. The van der Waals surface area contributed by atoms with Crippen molar-refractivity contribution in [1.29, 1.82) is 0 Å². The predicted octanol–water partition coefficient (Wildman–Crippen LogP) is 2.31. The van der Waals surface area contributed by atoms with Crippen molar-refractivity contribution >= 4 is 22.5 Å². The van der Waals surface area contributed by atoms with Crippen LogP contribution in [0.1, 0.15) is 17.4 Å². The standard InChI is InChI=1S/C17H15F2N5O2/c1-3-21-16(25)15-13(20)9-4-5-10(18)12(14(9)23-24-15)8-6-11(19)17(26-2)22-7-8/h4-7H,3H2,1-2H3,(H2,20,23)(H,21,25). The summed E-state index contributed by atoms with van der Waals surface area (Å²) in [6.45, 7) is 2.14. The number of carbonyl (C=O) groups is 1. The highest BCUT2D eigenvalue weighted by atomic mass is 19.1. The largest absolute Gasteiger partial charge is 0.479 e. The lowest BCUT2D eigenvalue weighted by Crippen LogP contribution is -2.25. The lowest BCUT2D eigenvalue weighted by molar-refractivity contribution is 0.0951. The van der Waals surface area contributed by atoms with Crippen LogP contribution in [-0.4, -0.2) is 34.7 Å². The summed E-state index contributed by atoms with van der Waals surface area (Å²) >= 11 is 0. The van der Waals surface area contributed by atoms with Crippen molar-refractivity contribution in [3.8, 4) is 17.0 Å². The average Bonchev–Trinajstić information content (AvgIpc) is 2.62. The predicted molar refractivity (Wildman–Crippen MR) is 91.7 cm³/mol. The molecule has 3 rings (SSSR count). The molecule has 0 fully saturated rings. The monoisotopic (exact) mass is 359 g/mol. The summed E-state index contributed by atoms with van der Waals surface area (Å²) in [4.78, 5) is 15.8. The topological polar surface area (TPSA) is 103 Å². The molecule has 3 N–H and O–H groups in total. The van der Waals surface area contributed by atoms with Crippen molar-refractivity contribution in [3.05, 3.63) is 41.7 Å². The number of carbonyl (C=O) groups excluding carboxylic acids is 1. The minimum Gasteiger partial charge on any atom is -0.479 e. The van der Waals surface area contributed by atoms with E-state index in [9.17, 15) is 13.6 Å². The van der Waals surface area contributed by atoms with E-state index in [4.69, 9.17) is 10.5 Å². The molecule has 0 saturated heterocycles. The summed E-state index contributed by atoms with van der Waals surface area (Å²) < 4.78 is 33.2. The average molecular weight is 359 g/mol. The zero-order valence-corrected chi connectivity index (χ0v) is 14.0. The van der Waals surface area contributed by atoms with Crippen LogP contribution in [0, 0.1) is 11.6 Å². The van der Waals surface area contributed by atoms with E-state index in [2.05, 4.69) is 20.5 Å². The Morgan fingerprint density at radius 1 is 1.27 bits per heavy atom. The lowest BCUT2D eigenvalue weighted by Gasteiger charge is -2.11. The Morgan fingerprint density at radius 2 is 2.04 bits per heavy atom. The van der Waals surface area contributed by atoms with E-state index in [1.807, 2.05) is 0 Å².